The second-order valence-electron chi connectivity index (χ2n) is 7.51. The summed E-state index contributed by atoms with van der Waals surface area (Å²) in [7, 11) is 0. The highest BCUT2D eigenvalue weighted by Crippen LogP contribution is 2.37. The maximum absolute atomic E-state index is 12.7. The van der Waals surface area contributed by atoms with Crippen LogP contribution in [0.25, 0.3) is 0 Å². The minimum atomic E-state index is -0.294. The third-order valence-electron chi connectivity index (χ3n) is 5.74. The molecule has 3 aliphatic rings. The molecule has 3 heterocycles. The van der Waals surface area contributed by atoms with Gasteiger partial charge in [0.1, 0.15) is 6.04 Å². The topological polar surface area (TPSA) is 91.0 Å². The molecule has 0 radical (unpaired) electrons. The SMILES string of the molecule is CCOC(=O)N1CCC(NC(=O)c2ccc3c(c2)NC(=O)C2CCCN32)CC1. The molecule has 3 aliphatic heterocycles. The van der Waals surface area contributed by atoms with Gasteiger partial charge in [0.2, 0.25) is 5.91 Å². The molecule has 150 valence electrons. The van der Waals surface area contributed by atoms with Gasteiger partial charge in [-0.2, -0.15) is 0 Å². The number of amides is 3. The fourth-order valence-corrected chi connectivity index (χ4v) is 4.26. The number of hydrogen-bond acceptors (Lipinski definition) is 5. The van der Waals surface area contributed by atoms with E-state index in [9.17, 15) is 14.4 Å². The minimum absolute atomic E-state index is 0.00824. The normalized spacial score (nSPS) is 21.6. The number of carbonyl (C=O) groups excluding carboxylic acids is 3. The van der Waals surface area contributed by atoms with E-state index in [0.29, 0.717) is 43.8 Å². The van der Waals surface area contributed by atoms with Crippen molar-refractivity contribution in [2.24, 2.45) is 0 Å². The van der Waals surface area contributed by atoms with Crippen LogP contribution in [0.4, 0.5) is 16.2 Å². The van der Waals surface area contributed by atoms with Crippen molar-refractivity contribution >= 4 is 29.3 Å². The first-order valence-corrected chi connectivity index (χ1v) is 10.0. The van der Waals surface area contributed by atoms with Gasteiger partial charge >= 0.3 is 6.09 Å². The lowest BCUT2D eigenvalue weighted by molar-refractivity contribution is -0.117. The van der Waals surface area contributed by atoms with Gasteiger partial charge in [-0.3, -0.25) is 9.59 Å². The second-order valence-corrected chi connectivity index (χ2v) is 7.51. The Labute approximate surface area is 164 Å². The molecule has 8 heteroatoms. The number of fused-ring (bicyclic) bond motifs is 3. The lowest BCUT2D eigenvalue weighted by atomic mass is 10.0. The van der Waals surface area contributed by atoms with Gasteiger partial charge in [-0.15, -0.1) is 0 Å². The van der Waals surface area contributed by atoms with E-state index >= 15 is 0 Å². The predicted octanol–water partition coefficient (Wildman–Crippen LogP) is 1.96. The summed E-state index contributed by atoms with van der Waals surface area (Å²) in [5, 5.41) is 5.99. The van der Waals surface area contributed by atoms with Crippen LogP contribution >= 0.6 is 0 Å². The number of likely N-dealkylation sites (tertiary alicyclic amines) is 1. The summed E-state index contributed by atoms with van der Waals surface area (Å²) in [6, 6.07) is 5.42. The van der Waals surface area contributed by atoms with Crippen LogP contribution in [-0.4, -0.2) is 61.1 Å². The van der Waals surface area contributed by atoms with Gasteiger partial charge in [0.15, 0.2) is 0 Å². The van der Waals surface area contributed by atoms with Crippen LogP contribution in [0.15, 0.2) is 18.2 Å². The highest BCUT2D eigenvalue weighted by Gasteiger charge is 2.36. The van der Waals surface area contributed by atoms with E-state index in [1.807, 2.05) is 12.1 Å². The molecule has 2 N–H and O–H groups in total. The van der Waals surface area contributed by atoms with E-state index in [4.69, 9.17) is 4.74 Å². The van der Waals surface area contributed by atoms with Crippen molar-refractivity contribution in [1.29, 1.82) is 0 Å². The average molecular weight is 386 g/mol. The third-order valence-corrected chi connectivity index (χ3v) is 5.74. The zero-order valence-corrected chi connectivity index (χ0v) is 16.1. The standard InChI is InChI=1S/C20H26N4O4/c1-2-28-20(27)23-10-7-14(8-11-23)21-18(25)13-5-6-16-15(12-13)22-19(26)17-4-3-9-24(16)17/h5-6,12,14,17H,2-4,7-11H2,1H3,(H,21,25)(H,22,26). The summed E-state index contributed by atoms with van der Waals surface area (Å²) in [5.74, 6) is -0.149. The number of piperidine rings is 1. The van der Waals surface area contributed by atoms with E-state index in [1.165, 1.54) is 0 Å². The molecule has 0 aliphatic carbocycles. The summed E-state index contributed by atoms with van der Waals surface area (Å²) in [5.41, 5.74) is 2.22. The number of hydrogen-bond donors (Lipinski definition) is 2. The van der Waals surface area contributed by atoms with Gasteiger partial charge in [0, 0.05) is 31.2 Å². The summed E-state index contributed by atoms with van der Waals surface area (Å²) >= 11 is 0. The Morgan fingerprint density at radius 2 is 2.00 bits per heavy atom. The molecule has 1 aromatic rings. The fourth-order valence-electron chi connectivity index (χ4n) is 4.26. The molecule has 0 saturated carbocycles. The zero-order chi connectivity index (χ0) is 19.7. The van der Waals surface area contributed by atoms with Crippen molar-refractivity contribution in [3.05, 3.63) is 23.8 Å². The Kier molecular flexibility index (Phi) is 5.11. The van der Waals surface area contributed by atoms with Crippen LogP contribution in [0, 0.1) is 0 Å². The fraction of sp³-hybridized carbons (Fsp3) is 0.550. The molecule has 0 bridgehead atoms. The Morgan fingerprint density at radius 1 is 1.21 bits per heavy atom. The lowest BCUT2D eigenvalue weighted by Crippen LogP contribution is -2.47. The maximum atomic E-state index is 12.7. The minimum Gasteiger partial charge on any atom is -0.450 e. The maximum Gasteiger partial charge on any atom is 0.409 e. The number of rotatable bonds is 3. The summed E-state index contributed by atoms with van der Waals surface area (Å²) in [6.07, 6.45) is 2.98. The molecule has 3 amide bonds. The van der Waals surface area contributed by atoms with Crippen molar-refractivity contribution in [1.82, 2.24) is 10.2 Å². The van der Waals surface area contributed by atoms with E-state index in [1.54, 1.807) is 17.9 Å². The van der Waals surface area contributed by atoms with Gasteiger partial charge in [0.25, 0.3) is 5.91 Å². The number of carbonyl (C=O) groups is 3. The molecule has 0 aromatic heterocycles. The molecular formula is C20H26N4O4. The van der Waals surface area contributed by atoms with E-state index < -0.39 is 0 Å². The molecule has 4 rings (SSSR count). The molecular weight excluding hydrogens is 360 g/mol. The van der Waals surface area contributed by atoms with Crippen LogP contribution in [0.1, 0.15) is 43.0 Å². The van der Waals surface area contributed by atoms with E-state index in [-0.39, 0.29) is 30.0 Å². The van der Waals surface area contributed by atoms with Gasteiger partial charge in [-0.05, 0) is 50.8 Å². The van der Waals surface area contributed by atoms with Crippen molar-refractivity contribution in [2.75, 3.05) is 36.5 Å². The van der Waals surface area contributed by atoms with Gasteiger partial charge < -0.3 is 25.2 Å². The third kappa shape index (κ3) is 3.50. The molecule has 0 spiro atoms. The van der Waals surface area contributed by atoms with Crippen LogP contribution in [0.2, 0.25) is 0 Å². The van der Waals surface area contributed by atoms with Crippen LogP contribution < -0.4 is 15.5 Å². The molecule has 28 heavy (non-hydrogen) atoms. The first kappa shape index (κ1) is 18.6. The Hall–Kier alpha value is -2.77. The van der Waals surface area contributed by atoms with Gasteiger partial charge in [0.05, 0.1) is 18.0 Å². The number of benzene rings is 1. The van der Waals surface area contributed by atoms with Crippen LogP contribution in [-0.2, 0) is 9.53 Å². The Morgan fingerprint density at radius 3 is 2.75 bits per heavy atom. The number of ether oxygens (including phenoxy) is 1. The number of anilines is 2. The smallest absolute Gasteiger partial charge is 0.409 e. The van der Waals surface area contributed by atoms with Crippen molar-refractivity contribution < 1.29 is 19.1 Å². The summed E-state index contributed by atoms with van der Waals surface area (Å²) < 4.78 is 5.02. The molecule has 2 saturated heterocycles. The number of nitrogens with zero attached hydrogens (tertiary/aromatic N) is 2. The average Bonchev–Trinajstić information content (AvgIpc) is 3.19. The molecule has 8 nitrogen and oxygen atoms in total. The van der Waals surface area contributed by atoms with Crippen molar-refractivity contribution in [2.45, 2.75) is 44.7 Å². The highest BCUT2D eigenvalue weighted by atomic mass is 16.6. The largest absolute Gasteiger partial charge is 0.450 e. The summed E-state index contributed by atoms with van der Waals surface area (Å²) in [6.45, 7) is 4.16. The second kappa shape index (κ2) is 7.69. The van der Waals surface area contributed by atoms with Gasteiger partial charge in [-0.25, -0.2) is 4.79 Å². The van der Waals surface area contributed by atoms with Crippen LogP contribution in [0.3, 0.4) is 0 Å². The first-order valence-electron chi connectivity index (χ1n) is 10.0. The summed E-state index contributed by atoms with van der Waals surface area (Å²) in [4.78, 5) is 40.5. The monoisotopic (exact) mass is 386 g/mol. The molecule has 1 unspecified atom stereocenters. The molecule has 2 fully saturated rings. The predicted molar refractivity (Wildman–Crippen MR) is 105 cm³/mol. The van der Waals surface area contributed by atoms with E-state index in [0.717, 1.165) is 25.1 Å². The highest BCUT2D eigenvalue weighted by molar-refractivity contribution is 6.06. The van der Waals surface area contributed by atoms with Crippen LogP contribution in [0.5, 0.6) is 0 Å². The van der Waals surface area contributed by atoms with Gasteiger partial charge in [-0.1, -0.05) is 0 Å². The quantitative estimate of drug-likeness (QED) is 0.829. The molecule has 1 atom stereocenters. The van der Waals surface area contributed by atoms with Crippen molar-refractivity contribution in [3.8, 4) is 0 Å². The first-order chi connectivity index (χ1) is 13.6. The molecule has 1 aromatic carbocycles. The Balaban J connectivity index is 1.38. The van der Waals surface area contributed by atoms with E-state index in [2.05, 4.69) is 15.5 Å². The zero-order valence-electron chi connectivity index (χ0n) is 16.1. The lowest BCUT2D eigenvalue weighted by Gasteiger charge is -2.33. The number of nitrogens with one attached hydrogen (secondary N) is 2. The Bertz CT molecular complexity index is 788. The van der Waals surface area contributed by atoms with Crippen molar-refractivity contribution in [3.63, 3.8) is 0 Å².